The van der Waals surface area contributed by atoms with Crippen molar-refractivity contribution in [2.75, 3.05) is 20.6 Å². The number of rotatable bonds is 6. The lowest BCUT2D eigenvalue weighted by Gasteiger charge is -2.14. The van der Waals surface area contributed by atoms with Gasteiger partial charge in [-0.1, -0.05) is 30.3 Å². The maximum Gasteiger partial charge on any atom is 0.252 e. The molecule has 5 heteroatoms. The summed E-state index contributed by atoms with van der Waals surface area (Å²) in [4.78, 5) is 29.4. The van der Waals surface area contributed by atoms with Crippen LogP contribution >= 0.6 is 0 Å². The Bertz CT molecular complexity index is 726. The highest BCUT2D eigenvalue weighted by atomic mass is 16.2. The molecule has 2 rings (SSSR count). The van der Waals surface area contributed by atoms with Gasteiger partial charge in [0.05, 0.1) is 5.56 Å². The fourth-order valence-corrected chi connectivity index (χ4v) is 2.16. The number of nitrogens with zero attached hydrogens (tertiary/aromatic N) is 2. The minimum atomic E-state index is -0.205. The molecule has 0 atom stereocenters. The number of carbonyl (C=O) groups is 2. The van der Waals surface area contributed by atoms with Gasteiger partial charge in [0.2, 0.25) is 5.91 Å². The van der Waals surface area contributed by atoms with Gasteiger partial charge >= 0.3 is 0 Å². The van der Waals surface area contributed by atoms with E-state index in [1.807, 2.05) is 30.3 Å². The smallest absolute Gasteiger partial charge is 0.252 e. The van der Waals surface area contributed by atoms with E-state index in [9.17, 15) is 9.59 Å². The molecule has 124 valence electrons. The van der Waals surface area contributed by atoms with E-state index in [0.717, 1.165) is 6.42 Å². The third-order valence-electron chi connectivity index (χ3n) is 3.62. The van der Waals surface area contributed by atoms with E-state index in [0.29, 0.717) is 17.7 Å². The zero-order valence-electron chi connectivity index (χ0n) is 13.9. The molecule has 0 aliphatic heterocycles. The summed E-state index contributed by atoms with van der Waals surface area (Å²) in [6, 6.07) is 11.7. The third-order valence-corrected chi connectivity index (χ3v) is 3.62. The number of nitrogens with one attached hydrogen (secondary N) is 1. The standard InChI is InChI=1S/C19H21N3O2/c1-20-19(24)17-12-16(13-21-14-17)8-9-18(23)22(2)11-10-15-6-4-3-5-7-15/h3-9,12-14H,10-11H2,1-2H3,(H,20,24)/b9-8-. The Kier molecular flexibility index (Phi) is 6.25. The Hall–Kier alpha value is -2.95. The van der Waals surface area contributed by atoms with Crippen LogP contribution < -0.4 is 5.32 Å². The molecule has 2 aromatic rings. The van der Waals surface area contributed by atoms with Gasteiger partial charge in [0, 0.05) is 39.1 Å². The second-order valence-electron chi connectivity index (χ2n) is 5.41. The van der Waals surface area contributed by atoms with Crippen LogP contribution in [0.4, 0.5) is 0 Å². The van der Waals surface area contributed by atoms with Crippen LogP contribution in [0.2, 0.25) is 0 Å². The zero-order chi connectivity index (χ0) is 17.4. The molecule has 5 nitrogen and oxygen atoms in total. The van der Waals surface area contributed by atoms with Crippen LogP contribution in [0.25, 0.3) is 6.08 Å². The fourth-order valence-electron chi connectivity index (χ4n) is 2.16. The average Bonchev–Trinajstić information content (AvgIpc) is 2.64. The van der Waals surface area contributed by atoms with Gasteiger partial charge in [0.15, 0.2) is 0 Å². The number of likely N-dealkylation sites (N-methyl/N-ethyl adjacent to an activating group) is 1. The fraction of sp³-hybridized carbons (Fsp3) is 0.211. The molecule has 2 amide bonds. The van der Waals surface area contributed by atoms with E-state index < -0.39 is 0 Å². The normalized spacial score (nSPS) is 10.6. The Morgan fingerprint density at radius 3 is 2.67 bits per heavy atom. The first-order chi connectivity index (χ1) is 11.6. The molecular formula is C19H21N3O2. The maximum absolute atomic E-state index is 12.2. The van der Waals surface area contributed by atoms with Gasteiger partial charge in [0.1, 0.15) is 0 Å². The van der Waals surface area contributed by atoms with Crippen molar-refractivity contribution in [1.82, 2.24) is 15.2 Å². The molecule has 0 spiro atoms. The lowest BCUT2D eigenvalue weighted by atomic mass is 10.1. The predicted molar refractivity (Wildman–Crippen MR) is 94.4 cm³/mol. The summed E-state index contributed by atoms with van der Waals surface area (Å²) in [5.74, 6) is -0.291. The van der Waals surface area contributed by atoms with Crippen molar-refractivity contribution in [2.24, 2.45) is 0 Å². The summed E-state index contributed by atoms with van der Waals surface area (Å²) >= 11 is 0. The molecule has 1 aromatic heterocycles. The van der Waals surface area contributed by atoms with Gasteiger partial charge in [-0.05, 0) is 29.7 Å². The van der Waals surface area contributed by atoms with E-state index >= 15 is 0 Å². The second kappa shape index (κ2) is 8.62. The van der Waals surface area contributed by atoms with Gasteiger partial charge in [-0.2, -0.15) is 0 Å². The van der Waals surface area contributed by atoms with Gasteiger partial charge in [-0.25, -0.2) is 0 Å². The average molecular weight is 323 g/mol. The molecule has 0 bridgehead atoms. The summed E-state index contributed by atoms with van der Waals surface area (Å²) < 4.78 is 0. The minimum absolute atomic E-state index is 0.0868. The van der Waals surface area contributed by atoms with Gasteiger partial charge < -0.3 is 10.2 Å². The van der Waals surface area contributed by atoms with Crippen molar-refractivity contribution in [3.05, 3.63) is 71.6 Å². The van der Waals surface area contributed by atoms with Gasteiger partial charge in [-0.15, -0.1) is 0 Å². The number of hydrogen-bond acceptors (Lipinski definition) is 3. The number of hydrogen-bond donors (Lipinski definition) is 1. The van der Waals surface area contributed by atoms with Crippen LogP contribution in [0.3, 0.4) is 0 Å². The molecule has 24 heavy (non-hydrogen) atoms. The molecule has 0 radical (unpaired) electrons. The highest BCUT2D eigenvalue weighted by Gasteiger charge is 2.06. The summed E-state index contributed by atoms with van der Waals surface area (Å²) in [5, 5.41) is 2.55. The zero-order valence-corrected chi connectivity index (χ0v) is 13.9. The lowest BCUT2D eigenvalue weighted by Crippen LogP contribution is -2.27. The minimum Gasteiger partial charge on any atom is -0.355 e. The van der Waals surface area contributed by atoms with Crippen LogP contribution in [0, 0.1) is 0 Å². The molecular weight excluding hydrogens is 302 g/mol. The lowest BCUT2D eigenvalue weighted by molar-refractivity contribution is -0.124. The quantitative estimate of drug-likeness (QED) is 0.829. The number of aromatic nitrogens is 1. The Morgan fingerprint density at radius 1 is 1.21 bits per heavy atom. The molecule has 1 N–H and O–H groups in total. The van der Waals surface area contributed by atoms with Crippen molar-refractivity contribution in [3.8, 4) is 0 Å². The molecule has 0 unspecified atom stereocenters. The van der Waals surface area contributed by atoms with Crippen molar-refractivity contribution in [3.63, 3.8) is 0 Å². The summed E-state index contributed by atoms with van der Waals surface area (Å²) in [5.41, 5.74) is 2.37. The number of carbonyl (C=O) groups excluding carboxylic acids is 2. The third kappa shape index (κ3) is 5.05. The molecule has 0 aliphatic carbocycles. The summed E-state index contributed by atoms with van der Waals surface area (Å²) in [6.07, 6.45) is 7.07. The van der Waals surface area contributed by atoms with Gasteiger partial charge in [0.25, 0.3) is 5.91 Å². The molecule has 1 heterocycles. The van der Waals surface area contributed by atoms with E-state index in [1.54, 1.807) is 37.3 Å². The van der Waals surface area contributed by atoms with Crippen molar-refractivity contribution in [1.29, 1.82) is 0 Å². The molecule has 0 fully saturated rings. The number of benzene rings is 1. The highest BCUT2D eigenvalue weighted by molar-refractivity contribution is 5.95. The summed E-state index contributed by atoms with van der Waals surface area (Å²) in [7, 11) is 3.34. The van der Waals surface area contributed by atoms with Crippen molar-refractivity contribution >= 4 is 17.9 Å². The van der Waals surface area contributed by atoms with Crippen LogP contribution in [0.5, 0.6) is 0 Å². The van der Waals surface area contributed by atoms with Crippen LogP contribution in [0.1, 0.15) is 21.5 Å². The topological polar surface area (TPSA) is 62.3 Å². The highest BCUT2D eigenvalue weighted by Crippen LogP contribution is 2.06. The number of pyridine rings is 1. The maximum atomic E-state index is 12.2. The second-order valence-corrected chi connectivity index (χ2v) is 5.41. The van der Waals surface area contributed by atoms with E-state index in [-0.39, 0.29) is 11.8 Å². The largest absolute Gasteiger partial charge is 0.355 e. The summed E-state index contributed by atoms with van der Waals surface area (Å²) in [6.45, 7) is 0.643. The van der Waals surface area contributed by atoms with E-state index in [2.05, 4.69) is 10.3 Å². The predicted octanol–water partition coefficient (Wildman–Crippen LogP) is 2.16. The monoisotopic (exact) mass is 323 g/mol. The van der Waals surface area contributed by atoms with Gasteiger partial charge in [-0.3, -0.25) is 14.6 Å². The first-order valence-corrected chi connectivity index (χ1v) is 7.74. The van der Waals surface area contributed by atoms with Crippen LogP contribution in [0.15, 0.2) is 54.9 Å². The SMILES string of the molecule is CNC(=O)c1cncc(/C=C\C(=O)N(C)CCc2ccccc2)c1. The molecule has 0 saturated carbocycles. The molecule has 1 aromatic carbocycles. The Labute approximate surface area is 142 Å². The first kappa shape index (κ1) is 17.4. The Balaban J connectivity index is 1.93. The Morgan fingerprint density at radius 2 is 1.96 bits per heavy atom. The van der Waals surface area contributed by atoms with Crippen LogP contribution in [-0.2, 0) is 11.2 Å². The van der Waals surface area contributed by atoms with Crippen LogP contribution in [-0.4, -0.2) is 42.3 Å². The van der Waals surface area contributed by atoms with E-state index in [1.165, 1.54) is 17.8 Å². The van der Waals surface area contributed by atoms with Crippen molar-refractivity contribution in [2.45, 2.75) is 6.42 Å². The first-order valence-electron chi connectivity index (χ1n) is 7.74. The molecule has 0 saturated heterocycles. The van der Waals surface area contributed by atoms with Crippen molar-refractivity contribution < 1.29 is 9.59 Å². The number of amides is 2. The molecule has 0 aliphatic rings. The van der Waals surface area contributed by atoms with E-state index in [4.69, 9.17) is 0 Å².